The number of hydrogen-bond donors (Lipinski definition) is 2. The maximum absolute atomic E-state index is 13.4. The van der Waals surface area contributed by atoms with Crippen LogP contribution in [0.2, 0.25) is 5.02 Å². The molecule has 0 saturated heterocycles. The van der Waals surface area contributed by atoms with Crippen molar-refractivity contribution in [2.45, 2.75) is 31.6 Å². The van der Waals surface area contributed by atoms with E-state index in [1.54, 1.807) is 6.07 Å². The molecule has 0 aromatic heterocycles. The number of carbonyl (C=O) groups excluding carboxylic acids is 1. The lowest BCUT2D eigenvalue weighted by atomic mass is 9.78. The molecule has 0 unspecified atom stereocenters. The standard InChI is InChI=1S/C13H16ClFN2O/c14-12-10(2-1-3-11(12)15)8-4-6-9(7-5-8)13(18)17-16/h1-3,8-9H,4-7,16H2,(H,17,18). The van der Waals surface area contributed by atoms with Crippen LogP contribution in [0, 0.1) is 11.7 Å². The van der Waals surface area contributed by atoms with E-state index in [1.165, 1.54) is 6.07 Å². The van der Waals surface area contributed by atoms with Crippen molar-refractivity contribution in [1.29, 1.82) is 0 Å². The summed E-state index contributed by atoms with van der Waals surface area (Å²) in [5.74, 6) is 4.83. The van der Waals surface area contributed by atoms with Crippen molar-refractivity contribution in [2.75, 3.05) is 0 Å². The topological polar surface area (TPSA) is 55.1 Å². The third-order valence-corrected chi connectivity index (χ3v) is 4.06. The average molecular weight is 271 g/mol. The van der Waals surface area contributed by atoms with E-state index in [1.807, 2.05) is 6.07 Å². The van der Waals surface area contributed by atoms with Crippen molar-refractivity contribution < 1.29 is 9.18 Å². The summed E-state index contributed by atoms with van der Waals surface area (Å²) in [6.07, 6.45) is 3.20. The average Bonchev–Trinajstić information content (AvgIpc) is 2.41. The SMILES string of the molecule is NNC(=O)C1CCC(c2cccc(F)c2Cl)CC1. The fourth-order valence-electron chi connectivity index (χ4n) is 2.62. The van der Waals surface area contributed by atoms with Gasteiger partial charge in [0, 0.05) is 5.92 Å². The molecule has 0 bridgehead atoms. The maximum Gasteiger partial charge on any atom is 0.236 e. The molecule has 3 N–H and O–H groups in total. The molecule has 5 heteroatoms. The largest absolute Gasteiger partial charge is 0.294 e. The van der Waals surface area contributed by atoms with Gasteiger partial charge < -0.3 is 0 Å². The van der Waals surface area contributed by atoms with Gasteiger partial charge in [0.2, 0.25) is 5.91 Å². The third-order valence-electron chi connectivity index (χ3n) is 3.66. The maximum atomic E-state index is 13.4. The first kappa shape index (κ1) is 13.3. The summed E-state index contributed by atoms with van der Waals surface area (Å²) in [7, 11) is 0. The van der Waals surface area contributed by atoms with Crippen LogP contribution < -0.4 is 11.3 Å². The molecule has 0 radical (unpaired) electrons. The monoisotopic (exact) mass is 270 g/mol. The van der Waals surface area contributed by atoms with E-state index in [0.717, 1.165) is 31.2 Å². The predicted octanol–water partition coefficient (Wildman–Crippen LogP) is 2.74. The van der Waals surface area contributed by atoms with Gasteiger partial charge in [-0.25, -0.2) is 10.2 Å². The number of hydrazine groups is 1. The lowest BCUT2D eigenvalue weighted by molar-refractivity contribution is -0.126. The summed E-state index contributed by atoms with van der Waals surface area (Å²) in [5, 5.41) is 0.212. The van der Waals surface area contributed by atoms with Gasteiger partial charge in [-0.05, 0) is 43.2 Å². The molecule has 1 amide bonds. The molecule has 1 fully saturated rings. The number of nitrogens with one attached hydrogen (secondary N) is 1. The Morgan fingerprint density at radius 2 is 2.00 bits per heavy atom. The van der Waals surface area contributed by atoms with Gasteiger partial charge in [-0.3, -0.25) is 10.2 Å². The van der Waals surface area contributed by atoms with Crippen LogP contribution in [0.5, 0.6) is 0 Å². The molecule has 1 saturated carbocycles. The van der Waals surface area contributed by atoms with Gasteiger partial charge in [-0.2, -0.15) is 0 Å². The van der Waals surface area contributed by atoms with Gasteiger partial charge in [0.05, 0.1) is 5.02 Å². The van der Waals surface area contributed by atoms with Crippen LogP contribution in [0.3, 0.4) is 0 Å². The molecule has 1 aliphatic carbocycles. The first-order valence-electron chi connectivity index (χ1n) is 6.08. The second-order valence-electron chi connectivity index (χ2n) is 4.70. The first-order valence-corrected chi connectivity index (χ1v) is 6.45. The minimum atomic E-state index is -0.379. The summed E-state index contributed by atoms with van der Waals surface area (Å²) in [6.45, 7) is 0. The van der Waals surface area contributed by atoms with Crippen molar-refractivity contribution >= 4 is 17.5 Å². The molecule has 1 aliphatic rings. The van der Waals surface area contributed by atoms with Crippen molar-refractivity contribution in [3.63, 3.8) is 0 Å². The fraction of sp³-hybridized carbons (Fsp3) is 0.462. The van der Waals surface area contributed by atoms with Crippen LogP contribution in [0.4, 0.5) is 4.39 Å². The van der Waals surface area contributed by atoms with E-state index in [9.17, 15) is 9.18 Å². The zero-order valence-electron chi connectivity index (χ0n) is 9.96. The van der Waals surface area contributed by atoms with Gasteiger partial charge >= 0.3 is 0 Å². The Hall–Kier alpha value is -1.13. The molecule has 0 heterocycles. The van der Waals surface area contributed by atoms with Gasteiger partial charge in [0.1, 0.15) is 5.82 Å². The number of carbonyl (C=O) groups is 1. The van der Waals surface area contributed by atoms with E-state index in [2.05, 4.69) is 5.43 Å². The third kappa shape index (κ3) is 2.65. The van der Waals surface area contributed by atoms with Crippen LogP contribution in [-0.4, -0.2) is 5.91 Å². The lowest BCUT2D eigenvalue weighted by Gasteiger charge is -2.28. The molecule has 3 nitrogen and oxygen atoms in total. The van der Waals surface area contributed by atoms with Gasteiger partial charge in [-0.1, -0.05) is 23.7 Å². The Morgan fingerprint density at radius 1 is 1.33 bits per heavy atom. The van der Waals surface area contributed by atoms with Crippen LogP contribution >= 0.6 is 11.6 Å². The van der Waals surface area contributed by atoms with Crippen LogP contribution in [-0.2, 0) is 4.79 Å². The van der Waals surface area contributed by atoms with Crippen molar-refractivity contribution in [2.24, 2.45) is 11.8 Å². The summed E-state index contributed by atoms with van der Waals surface area (Å²) >= 11 is 5.98. The number of hydrogen-bond acceptors (Lipinski definition) is 2. The highest BCUT2D eigenvalue weighted by molar-refractivity contribution is 6.31. The van der Waals surface area contributed by atoms with Crippen LogP contribution in [0.25, 0.3) is 0 Å². The highest BCUT2D eigenvalue weighted by Crippen LogP contribution is 2.39. The van der Waals surface area contributed by atoms with Gasteiger partial charge in [0.15, 0.2) is 0 Å². The minimum Gasteiger partial charge on any atom is -0.294 e. The second-order valence-corrected chi connectivity index (χ2v) is 5.08. The van der Waals surface area contributed by atoms with E-state index >= 15 is 0 Å². The smallest absolute Gasteiger partial charge is 0.236 e. The predicted molar refractivity (Wildman–Crippen MR) is 68.4 cm³/mol. The zero-order valence-corrected chi connectivity index (χ0v) is 10.7. The second kappa shape index (κ2) is 5.67. The van der Waals surface area contributed by atoms with Crippen LogP contribution in [0.1, 0.15) is 37.2 Å². The Morgan fingerprint density at radius 3 is 2.61 bits per heavy atom. The molecule has 98 valence electrons. The Kier molecular flexibility index (Phi) is 4.19. The van der Waals surface area contributed by atoms with E-state index in [-0.39, 0.29) is 28.6 Å². The molecule has 0 spiro atoms. The molecule has 0 aliphatic heterocycles. The highest BCUT2D eigenvalue weighted by Gasteiger charge is 2.28. The molecule has 1 aromatic rings. The summed E-state index contributed by atoms with van der Waals surface area (Å²) in [6, 6.07) is 4.90. The number of benzene rings is 1. The summed E-state index contributed by atoms with van der Waals surface area (Å²) in [5.41, 5.74) is 3.04. The highest BCUT2D eigenvalue weighted by atomic mass is 35.5. The number of amides is 1. The molecule has 2 rings (SSSR count). The number of rotatable bonds is 2. The number of nitrogens with two attached hydrogens (primary N) is 1. The van der Waals surface area contributed by atoms with Gasteiger partial charge in [0.25, 0.3) is 0 Å². The zero-order chi connectivity index (χ0) is 13.1. The van der Waals surface area contributed by atoms with Gasteiger partial charge in [-0.15, -0.1) is 0 Å². The van der Waals surface area contributed by atoms with Crippen molar-refractivity contribution in [3.8, 4) is 0 Å². The van der Waals surface area contributed by atoms with E-state index in [0.29, 0.717) is 0 Å². The Bertz CT molecular complexity index is 445. The molecular formula is C13H16ClFN2O. The first-order chi connectivity index (χ1) is 8.63. The normalized spacial score (nSPS) is 23.7. The molecular weight excluding hydrogens is 255 g/mol. The minimum absolute atomic E-state index is 0.0291. The Balaban J connectivity index is 2.06. The molecule has 0 atom stereocenters. The van der Waals surface area contributed by atoms with Crippen molar-refractivity contribution in [3.05, 3.63) is 34.6 Å². The van der Waals surface area contributed by atoms with E-state index < -0.39 is 0 Å². The fourth-order valence-corrected chi connectivity index (χ4v) is 2.90. The summed E-state index contributed by atoms with van der Waals surface area (Å²) < 4.78 is 13.4. The van der Waals surface area contributed by atoms with Crippen molar-refractivity contribution in [1.82, 2.24) is 5.43 Å². The summed E-state index contributed by atoms with van der Waals surface area (Å²) in [4.78, 5) is 11.4. The van der Waals surface area contributed by atoms with Crippen LogP contribution in [0.15, 0.2) is 18.2 Å². The lowest BCUT2D eigenvalue weighted by Crippen LogP contribution is -2.37. The number of halogens is 2. The quantitative estimate of drug-likeness (QED) is 0.493. The molecule has 1 aromatic carbocycles. The molecule has 18 heavy (non-hydrogen) atoms. The van der Waals surface area contributed by atoms with E-state index in [4.69, 9.17) is 17.4 Å². The Labute approximate surface area is 110 Å².